The Labute approximate surface area is 126 Å². The quantitative estimate of drug-likeness (QED) is 0.761. The Kier molecular flexibility index (Phi) is 3.50. The summed E-state index contributed by atoms with van der Waals surface area (Å²) in [6, 6.07) is 1.79. The number of fused-ring (bicyclic) bond motifs is 1. The molecule has 0 saturated heterocycles. The minimum atomic E-state index is -1.02. The fourth-order valence-corrected chi connectivity index (χ4v) is 2.28. The molecule has 22 heavy (non-hydrogen) atoms. The van der Waals surface area contributed by atoms with Crippen molar-refractivity contribution in [1.82, 2.24) is 23.9 Å². The molecule has 0 aliphatic carbocycles. The van der Waals surface area contributed by atoms with E-state index < -0.39 is 5.97 Å². The summed E-state index contributed by atoms with van der Waals surface area (Å²) in [6.07, 6.45) is 6.57. The maximum Gasteiger partial charge on any atom is 0.354 e. The fraction of sp³-hybridized carbons (Fsp3) is 0.286. The molecule has 1 N–H and O–H groups in total. The van der Waals surface area contributed by atoms with Crippen LogP contribution in [-0.4, -0.2) is 41.5 Å². The highest BCUT2D eigenvalue weighted by Crippen LogP contribution is 2.16. The molecule has 0 saturated carbocycles. The van der Waals surface area contributed by atoms with Gasteiger partial charge in [-0.25, -0.2) is 14.8 Å². The normalized spacial score (nSPS) is 11.0. The molecule has 0 atom stereocenters. The van der Waals surface area contributed by atoms with Crippen LogP contribution in [0.3, 0.4) is 0 Å². The lowest BCUT2D eigenvalue weighted by Gasteiger charge is -2.21. The van der Waals surface area contributed by atoms with E-state index in [9.17, 15) is 4.79 Å². The summed E-state index contributed by atoms with van der Waals surface area (Å²) >= 11 is 0. The summed E-state index contributed by atoms with van der Waals surface area (Å²) in [7, 11) is 1.94. The fourth-order valence-electron chi connectivity index (χ4n) is 2.28. The zero-order valence-electron chi connectivity index (χ0n) is 12.3. The van der Waals surface area contributed by atoms with Gasteiger partial charge in [-0.1, -0.05) is 0 Å². The van der Waals surface area contributed by atoms with Crippen LogP contribution in [0.5, 0.6) is 0 Å². The van der Waals surface area contributed by atoms with Gasteiger partial charge in [0.2, 0.25) is 5.78 Å². The number of carbonyl (C=O) groups is 1. The smallest absolute Gasteiger partial charge is 0.354 e. The van der Waals surface area contributed by atoms with E-state index >= 15 is 0 Å². The molecule has 3 aromatic heterocycles. The van der Waals surface area contributed by atoms with E-state index in [0.29, 0.717) is 12.3 Å². The summed E-state index contributed by atoms with van der Waals surface area (Å²) in [5.41, 5.74) is 1.17. The molecule has 0 fully saturated rings. The van der Waals surface area contributed by atoms with Crippen molar-refractivity contribution >= 4 is 17.6 Å². The van der Waals surface area contributed by atoms with Crippen LogP contribution in [0, 0.1) is 0 Å². The lowest BCUT2D eigenvalue weighted by Crippen LogP contribution is -2.24. The molecule has 8 heteroatoms. The molecular weight excluding hydrogens is 284 g/mol. The van der Waals surface area contributed by atoms with E-state index in [-0.39, 0.29) is 5.69 Å². The number of hydrogen-bond donors (Lipinski definition) is 1. The topological polar surface area (TPSA) is 88.6 Å². The van der Waals surface area contributed by atoms with E-state index in [1.54, 1.807) is 18.6 Å². The Bertz CT molecular complexity index is 822. The van der Waals surface area contributed by atoms with Gasteiger partial charge in [-0.2, -0.15) is 4.98 Å². The predicted molar refractivity (Wildman–Crippen MR) is 79.9 cm³/mol. The molecule has 0 aromatic carbocycles. The highest BCUT2D eigenvalue weighted by molar-refractivity contribution is 5.86. The standard InChI is InChI=1S/C14H16N6O2/c1-3-19(8-10-6-15-9-18(10)2)12-4-5-20-11(13(21)22)7-16-14(20)17-12/h4-7,9H,3,8H2,1-2H3,(H,21,22). The number of carboxylic acids is 1. The molecule has 3 aromatic rings. The van der Waals surface area contributed by atoms with Gasteiger partial charge >= 0.3 is 5.97 Å². The van der Waals surface area contributed by atoms with E-state index in [4.69, 9.17) is 5.11 Å². The zero-order valence-corrected chi connectivity index (χ0v) is 12.3. The third-order valence-electron chi connectivity index (χ3n) is 3.56. The minimum absolute atomic E-state index is 0.101. The Hall–Kier alpha value is -2.90. The van der Waals surface area contributed by atoms with Crippen molar-refractivity contribution in [2.75, 3.05) is 11.4 Å². The largest absolute Gasteiger partial charge is 0.477 e. The van der Waals surface area contributed by atoms with Crippen LogP contribution in [0.4, 0.5) is 5.82 Å². The Morgan fingerprint density at radius 3 is 2.86 bits per heavy atom. The average molecular weight is 300 g/mol. The number of rotatable bonds is 5. The average Bonchev–Trinajstić information content (AvgIpc) is 3.10. The number of aromatic nitrogens is 5. The number of hydrogen-bond acceptors (Lipinski definition) is 5. The van der Waals surface area contributed by atoms with Gasteiger partial charge in [-0.05, 0) is 13.0 Å². The van der Waals surface area contributed by atoms with Gasteiger partial charge in [0.05, 0.1) is 24.8 Å². The molecular formula is C14H16N6O2. The first kappa shape index (κ1) is 14.1. The predicted octanol–water partition coefficient (Wildman–Crippen LogP) is 1.19. The van der Waals surface area contributed by atoms with E-state index in [1.807, 2.05) is 24.7 Å². The maximum absolute atomic E-state index is 11.1. The summed E-state index contributed by atoms with van der Waals surface area (Å²) in [5.74, 6) is 0.0985. The SMILES string of the molecule is CCN(Cc1cncn1C)c1ccn2c(C(=O)O)cnc2n1. The molecule has 0 bridgehead atoms. The van der Waals surface area contributed by atoms with Crippen molar-refractivity contribution in [2.45, 2.75) is 13.5 Å². The van der Waals surface area contributed by atoms with Crippen LogP contribution in [-0.2, 0) is 13.6 Å². The number of aromatic carboxylic acids is 1. The second kappa shape index (κ2) is 5.47. The highest BCUT2D eigenvalue weighted by atomic mass is 16.4. The van der Waals surface area contributed by atoms with Gasteiger partial charge in [0.1, 0.15) is 5.82 Å². The van der Waals surface area contributed by atoms with Crippen LogP contribution in [0.1, 0.15) is 23.1 Å². The molecule has 0 radical (unpaired) electrons. The highest BCUT2D eigenvalue weighted by Gasteiger charge is 2.14. The molecule has 3 heterocycles. The maximum atomic E-state index is 11.1. The zero-order chi connectivity index (χ0) is 15.7. The summed E-state index contributed by atoms with van der Waals surface area (Å²) in [6.45, 7) is 3.47. The molecule has 0 spiro atoms. The van der Waals surface area contributed by atoms with Gasteiger partial charge < -0.3 is 14.6 Å². The van der Waals surface area contributed by atoms with Gasteiger partial charge in [0.25, 0.3) is 0 Å². The van der Waals surface area contributed by atoms with E-state index in [2.05, 4.69) is 19.9 Å². The second-order valence-corrected chi connectivity index (χ2v) is 4.91. The number of aryl methyl sites for hydroxylation is 1. The third-order valence-corrected chi connectivity index (χ3v) is 3.56. The summed E-state index contributed by atoms with van der Waals surface area (Å²) < 4.78 is 3.42. The Morgan fingerprint density at radius 1 is 1.41 bits per heavy atom. The molecule has 0 unspecified atom stereocenters. The van der Waals surface area contributed by atoms with Crippen molar-refractivity contribution in [3.8, 4) is 0 Å². The number of imidazole rings is 2. The van der Waals surface area contributed by atoms with Crippen molar-refractivity contribution in [1.29, 1.82) is 0 Å². The van der Waals surface area contributed by atoms with Gasteiger partial charge in [-0.3, -0.25) is 4.40 Å². The molecule has 0 aliphatic rings. The first-order valence-corrected chi connectivity index (χ1v) is 6.87. The van der Waals surface area contributed by atoms with E-state index in [0.717, 1.165) is 18.1 Å². The van der Waals surface area contributed by atoms with Gasteiger partial charge in [0, 0.05) is 26.0 Å². The number of carboxylic acid groups (broad SMARTS) is 1. The van der Waals surface area contributed by atoms with Gasteiger partial charge in [-0.15, -0.1) is 0 Å². The van der Waals surface area contributed by atoms with Crippen LogP contribution < -0.4 is 4.90 Å². The Balaban J connectivity index is 1.94. The Morgan fingerprint density at radius 2 is 2.23 bits per heavy atom. The molecule has 0 aliphatic heterocycles. The first-order valence-electron chi connectivity index (χ1n) is 6.87. The molecule has 0 amide bonds. The lowest BCUT2D eigenvalue weighted by atomic mass is 10.3. The molecule has 8 nitrogen and oxygen atoms in total. The van der Waals surface area contributed by atoms with E-state index in [1.165, 1.54) is 10.6 Å². The lowest BCUT2D eigenvalue weighted by molar-refractivity contribution is 0.0689. The first-order chi connectivity index (χ1) is 10.6. The molecule has 3 rings (SSSR count). The van der Waals surface area contributed by atoms with Crippen LogP contribution in [0.2, 0.25) is 0 Å². The third kappa shape index (κ3) is 2.39. The minimum Gasteiger partial charge on any atom is -0.477 e. The van der Waals surface area contributed by atoms with Crippen molar-refractivity contribution in [3.05, 3.63) is 42.4 Å². The summed E-state index contributed by atoms with van der Waals surface area (Å²) in [5, 5.41) is 9.09. The van der Waals surface area contributed by atoms with Gasteiger partial charge in [0.15, 0.2) is 5.69 Å². The van der Waals surface area contributed by atoms with Crippen molar-refractivity contribution in [2.24, 2.45) is 7.05 Å². The van der Waals surface area contributed by atoms with Crippen LogP contribution >= 0.6 is 0 Å². The van der Waals surface area contributed by atoms with Crippen LogP contribution in [0.15, 0.2) is 31.0 Å². The monoisotopic (exact) mass is 300 g/mol. The molecule has 114 valence electrons. The van der Waals surface area contributed by atoms with Crippen molar-refractivity contribution in [3.63, 3.8) is 0 Å². The summed E-state index contributed by atoms with van der Waals surface area (Å²) in [4.78, 5) is 25.8. The second-order valence-electron chi connectivity index (χ2n) is 4.91. The van der Waals surface area contributed by atoms with Crippen molar-refractivity contribution < 1.29 is 9.90 Å². The number of anilines is 1. The van der Waals surface area contributed by atoms with Crippen LogP contribution in [0.25, 0.3) is 5.78 Å². The number of nitrogens with zero attached hydrogens (tertiary/aromatic N) is 6.